The molecule has 0 aliphatic rings. The molecule has 1 rings (SSSR count). The lowest BCUT2D eigenvalue weighted by atomic mass is 9.90. The number of hydrogen-bond acceptors (Lipinski definition) is 2. The number of nitrogens with zero attached hydrogens (tertiary/aromatic N) is 2. The largest absolute Gasteiger partial charge is 0.504 e. The molecule has 14 heavy (non-hydrogen) atoms. The van der Waals surface area contributed by atoms with E-state index < -0.39 is 0 Å². The summed E-state index contributed by atoms with van der Waals surface area (Å²) < 4.78 is 1.78. The van der Waals surface area contributed by atoms with Crippen molar-refractivity contribution in [2.45, 2.75) is 46.0 Å². The molecule has 0 bridgehead atoms. The van der Waals surface area contributed by atoms with E-state index in [1.165, 1.54) is 0 Å². The number of aromatic hydroxyl groups is 1. The Bertz CT molecular complexity index is 332. The Kier molecular flexibility index (Phi) is 2.61. The van der Waals surface area contributed by atoms with Gasteiger partial charge in [0, 0.05) is 18.4 Å². The zero-order chi connectivity index (χ0) is 11.1. The summed E-state index contributed by atoms with van der Waals surface area (Å²) in [7, 11) is 1.88. The highest BCUT2D eigenvalue weighted by molar-refractivity contribution is 5.38. The Morgan fingerprint density at radius 1 is 1.29 bits per heavy atom. The Morgan fingerprint density at radius 2 is 1.79 bits per heavy atom. The maximum atomic E-state index is 10.0. The van der Waals surface area contributed by atoms with Gasteiger partial charge < -0.3 is 5.11 Å². The predicted molar refractivity (Wildman–Crippen MR) is 57.7 cm³/mol. The first kappa shape index (κ1) is 11.1. The summed E-state index contributed by atoms with van der Waals surface area (Å²) in [5.74, 6) is 0.618. The third-order valence-electron chi connectivity index (χ3n) is 2.31. The zero-order valence-corrected chi connectivity index (χ0v) is 9.92. The van der Waals surface area contributed by atoms with Gasteiger partial charge in [0.05, 0.1) is 5.69 Å². The second-order valence-electron chi connectivity index (χ2n) is 5.11. The monoisotopic (exact) mass is 196 g/mol. The molecule has 0 fully saturated rings. The van der Waals surface area contributed by atoms with E-state index in [4.69, 9.17) is 0 Å². The molecule has 1 N–H and O–H groups in total. The van der Waals surface area contributed by atoms with Crippen LogP contribution in [0, 0.1) is 0 Å². The minimum atomic E-state index is -0.0705. The Hall–Kier alpha value is -0.990. The molecule has 3 heteroatoms. The lowest BCUT2D eigenvalue weighted by Gasteiger charge is -2.18. The summed E-state index contributed by atoms with van der Waals surface area (Å²) in [5, 5.41) is 14.4. The van der Waals surface area contributed by atoms with Gasteiger partial charge in [-0.3, -0.25) is 4.68 Å². The van der Waals surface area contributed by atoms with E-state index in [9.17, 15) is 5.11 Å². The van der Waals surface area contributed by atoms with Gasteiger partial charge in [0.15, 0.2) is 5.75 Å². The summed E-state index contributed by atoms with van der Waals surface area (Å²) in [6.07, 6.45) is 0. The van der Waals surface area contributed by atoms with E-state index >= 15 is 0 Å². The quantitative estimate of drug-likeness (QED) is 0.749. The summed E-state index contributed by atoms with van der Waals surface area (Å²) >= 11 is 0. The molecule has 0 saturated carbocycles. The zero-order valence-electron chi connectivity index (χ0n) is 9.92. The number of aryl methyl sites for hydroxylation is 1. The third kappa shape index (κ3) is 1.76. The molecule has 1 aromatic heterocycles. The molecule has 0 unspecified atom stereocenters. The van der Waals surface area contributed by atoms with Crippen LogP contribution in [0.15, 0.2) is 0 Å². The topological polar surface area (TPSA) is 38.0 Å². The first-order valence-corrected chi connectivity index (χ1v) is 5.01. The first-order chi connectivity index (χ1) is 6.25. The summed E-state index contributed by atoms with van der Waals surface area (Å²) in [6.45, 7) is 10.3. The molecule has 3 nitrogen and oxygen atoms in total. The molecule has 0 atom stereocenters. The SMILES string of the molecule is CC(C)c1nn(C)c(C(C)(C)C)c1O. The van der Waals surface area contributed by atoms with Gasteiger partial charge in [0.2, 0.25) is 0 Å². The van der Waals surface area contributed by atoms with Gasteiger partial charge in [-0.2, -0.15) is 5.10 Å². The van der Waals surface area contributed by atoms with Crippen molar-refractivity contribution in [1.29, 1.82) is 0 Å². The Balaban J connectivity index is 3.33. The normalized spacial score (nSPS) is 12.5. The van der Waals surface area contributed by atoms with Crippen molar-refractivity contribution in [2.24, 2.45) is 7.05 Å². The van der Waals surface area contributed by atoms with Gasteiger partial charge in [0.25, 0.3) is 0 Å². The molecule has 0 amide bonds. The van der Waals surface area contributed by atoms with Crippen LogP contribution in [0.2, 0.25) is 0 Å². The van der Waals surface area contributed by atoms with Crippen LogP contribution in [-0.4, -0.2) is 14.9 Å². The molecular weight excluding hydrogens is 176 g/mol. The van der Waals surface area contributed by atoms with Crippen molar-refractivity contribution in [3.05, 3.63) is 11.4 Å². The molecule has 0 spiro atoms. The van der Waals surface area contributed by atoms with Crippen LogP contribution < -0.4 is 0 Å². The molecular formula is C11H20N2O. The Morgan fingerprint density at radius 3 is 2.00 bits per heavy atom. The molecule has 0 saturated heterocycles. The minimum Gasteiger partial charge on any atom is -0.504 e. The van der Waals surface area contributed by atoms with Gasteiger partial charge in [-0.25, -0.2) is 0 Å². The fourth-order valence-electron chi connectivity index (χ4n) is 1.76. The van der Waals surface area contributed by atoms with Crippen molar-refractivity contribution in [2.75, 3.05) is 0 Å². The van der Waals surface area contributed by atoms with Crippen LogP contribution in [0.1, 0.15) is 51.9 Å². The highest BCUT2D eigenvalue weighted by Crippen LogP contribution is 2.35. The van der Waals surface area contributed by atoms with E-state index in [2.05, 4.69) is 25.9 Å². The van der Waals surface area contributed by atoms with Crippen LogP contribution in [0.3, 0.4) is 0 Å². The predicted octanol–water partition coefficient (Wildman–Crippen LogP) is 2.55. The lowest BCUT2D eigenvalue weighted by Crippen LogP contribution is -2.16. The van der Waals surface area contributed by atoms with E-state index in [1.54, 1.807) is 4.68 Å². The molecule has 80 valence electrons. The molecule has 0 radical (unpaired) electrons. The van der Waals surface area contributed by atoms with E-state index in [0.29, 0.717) is 5.75 Å². The molecule has 0 aliphatic carbocycles. The first-order valence-electron chi connectivity index (χ1n) is 5.01. The van der Waals surface area contributed by atoms with Crippen LogP contribution in [-0.2, 0) is 12.5 Å². The number of rotatable bonds is 1. The second kappa shape index (κ2) is 3.30. The fraction of sp³-hybridized carbons (Fsp3) is 0.727. The standard InChI is InChI=1S/C11H20N2O/c1-7(2)8-9(14)10(11(3,4)5)13(6)12-8/h7,14H,1-6H3. The molecule has 0 aromatic carbocycles. The van der Waals surface area contributed by atoms with Crippen LogP contribution in [0.4, 0.5) is 0 Å². The maximum absolute atomic E-state index is 10.0. The average molecular weight is 196 g/mol. The smallest absolute Gasteiger partial charge is 0.160 e. The highest BCUT2D eigenvalue weighted by atomic mass is 16.3. The number of aromatic nitrogens is 2. The second-order valence-corrected chi connectivity index (χ2v) is 5.11. The van der Waals surface area contributed by atoms with Crippen molar-refractivity contribution < 1.29 is 5.11 Å². The lowest BCUT2D eigenvalue weighted by molar-refractivity contribution is 0.429. The van der Waals surface area contributed by atoms with Crippen molar-refractivity contribution in [3.63, 3.8) is 0 Å². The van der Waals surface area contributed by atoms with E-state index in [-0.39, 0.29) is 11.3 Å². The summed E-state index contributed by atoms with van der Waals surface area (Å²) in [6, 6.07) is 0. The van der Waals surface area contributed by atoms with Crippen LogP contribution in [0.5, 0.6) is 5.75 Å². The highest BCUT2D eigenvalue weighted by Gasteiger charge is 2.26. The minimum absolute atomic E-state index is 0.0705. The van der Waals surface area contributed by atoms with Gasteiger partial charge in [-0.1, -0.05) is 34.6 Å². The van der Waals surface area contributed by atoms with Gasteiger partial charge in [-0.15, -0.1) is 0 Å². The average Bonchev–Trinajstić information content (AvgIpc) is 2.24. The van der Waals surface area contributed by atoms with Gasteiger partial charge in [-0.05, 0) is 0 Å². The fourth-order valence-corrected chi connectivity index (χ4v) is 1.76. The molecule has 1 aromatic rings. The van der Waals surface area contributed by atoms with Crippen LogP contribution in [0.25, 0.3) is 0 Å². The summed E-state index contributed by atoms with van der Waals surface area (Å²) in [4.78, 5) is 0. The maximum Gasteiger partial charge on any atom is 0.160 e. The van der Waals surface area contributed by atoms with Crippen molar-refractivity contribution in [1.82, 2.24) is 9.78 Å². The Labute approximate surface area is 85.8 Å². The van der Waals surface area contributed by atoms with Gasteiger partial charge >= 0.3 is 0 Å². The van der Waals surface area contributed by atoms with E-state index in [0.717, 1.165) is 11.4 Å². The van der Waals surface area contributed by atoms with Gasteiger partial charge in [0.1, 0.15) is 5.69 Å². The molecule has 0 aliphatic heterocycles. The van der Waals surface area contributed by atoms with Crippen LogP contribution >= 0.6 is 0 Å². The van der Waals surface area contributed by atoms with Crippen molar-refractivity contribution in [3.8, 4) is 5.75 Å². The molecule has 1 heterocycles. The van der Waals surface area contributed by atoms with E-state index in [1.807, 2.05) is 20.9 Å². The van der Waals surface area contributed by atoms with Crippen molar-refractivity contribution >= 4 is 0 Å². The summed E-state index contributed by atoms with van der Waals surface area (Å²) in [5.41, 5.74) is 1.62. The number of hydrogen-bond donors (Lipinski definition) is 1. The third-order valence-corrected chi connectivity index (χ3v) is 2.31.